The Bertz CT molecular complexity index is 563. The van der Waals surface area contributed by atoms with Gasteiger partial charge in [0.15, 0.2) is 0 Å². The molecule has 0 aliphatic rings. The van der Waals surface area contributed by atoms with Gasteiger partial charge in [-0.05, 0) is 11.1 Å². The Morgan fingerprint density at radius 1 is 1.37 bits per heavy atom. The normalized spacial score (nSPS) is 10.4. The fourth-order valence-corrected chi connectivity index (χ4v) is 1.93. The predicted octanol–water partition coefficient (Wildman–Crippen LogP) is 1.14. The minimum atomic E-state index is -0.263. The van der Waals surface area contributed by atoms with Crippen molar-refractivity contribution in [2.75, 3.05) is 7.11 Å². The Kier molecular flexibility index (Phi) is 4.30. The number of methoxy groups -OCH3 is 1. The van der Waals surface area contributed by atoms with Crippen LogP contribution in [-0.2, 0) is 29.1 Å². The van der Waals surface area contributed by atoms with Crippen molar-refractivity contribution in [3.63, 3.8) is 0 Å². The molecule has 2 rings (SSSR count). The third kappa shape index (κ3) is 3.20. The molecule has 1 aromatic carbocycles. The van der Waals surface area contributed by atoms with E-state index >= 15 is 0 Å². The van der Waals surface area contributed by atoms with Crippen LogP contribution in [0.4, 0.5) is 0 Å². The van der Waals surface area contributed by atoms with Crippen molar-refractivity contribution in [3.8, 4) is 0 Å². The predicted molar refractivity (Wildman–Crippen MR) is 69.4 cm³/mol. The van der Waals surface area contributed by atoms with E-state index in [2.05, 4.69) is 4.98 Å². The maximum absolute atomic E-state index is 11.4. The number of nitrogens with zero attached hydrogens (tertiary/aromatic N) is 2. The number of hydrogen-bond donors (Lipinski definition) is 1. The second-order valence-electron chi connectivity index (χ2n) is 4.15. The number of hydrogen-bond acceptors (Lipinski definition) is 4. The van der Waals surface area contributed by atoms with E-state index in [1.165, 1.54) is 7.11 Å². The summed E-state index contributed by atoms with van der Waals surface area (Å²) in [7, 11) is 1.38. The summed E-state index contributed by atoms with van der Waals surface area (Å²) >= 11 is 0. The molecule has 100 valence electrons. The lowest BCUT2D eigenvalue weighted by molar-refractivity contribution is -0.139. The minimum absolute atomic E-state index is 0.105. The number of benzene rings is 1. The van der Waals surface area contributed by atoms with Crippen molar-refractivity contribution in [3.05, 3.63) is 53.6 Å². The van der Waals surface area contributed by atoms with Gasteiger partial charge in [-0.3, -0.25) is 4.79 Å². The lowest BCUT2D eigenvalue weighted by Crippen LogP contribution is -2.10. The fourth-order valence-electron chi connectivity index (χ4n) is 1.93. The Labute approximate surface area is 111 Å². The number of rotatable bonds is 5. The summed E-state index contributed by atoms with van der Waals surface area (Å²) in [4.78, 5) is 15.4. The lowest BCUT2D eigenvalue weighted by atomic mass is 10.0. The Balaban J connectivity index is 2.22. The standard InChI is InChI=1S/C14H16N2O3/c1-19-14(18)8-11-4-2-3-5-12(11)9-16-7-6-15-13(16)10-17/h2-7,17H,8-10H2,1H3. The number of ether oxygens (including phenoxy) is 1. The molecular formula is C14H16N2O3. The van der Waals surface area contributed by atoms with Crippen LogP contribution in [0.25, 0.3) is 0 Å². The summed E-state index contributed by atoms with van der Waals surface area (Å²) in [6.45, 7) is 0.467. The smallest absolute Gasteiger partial charge is 0.309 e. The number of esters is 1. The second-order valence-corrected chi connectivity index (χ2v) is 4.15. The average molecular weight is 260 g/mol. The number of carbonyl (C=O) groups is 1. The van der Waals surface area contributed by atoms with Gasteiger partial charge < -0.3 is 14.4 Å². The topological polar surface area (TPSA) is 64.4 Å². The molecule has 1 heterocycles. The summed E-state index contributed by atoms with van der Waals surface area (Å²) in [5, 5.41) is 9.18. The molecule has 5 heteroatoms. The van der Waals surface area contributed by atoms with Crippen LogP contribution in [0.2, 0.25) is 0 Å². The third-order valence-corrected chi connectivity index (χ3v) is 2.96. The number of aliphatic hydroxyl groups is 1. The number of imidazole rings is 1. The molecule has 0 atom stereocenters. The highest BCUT2D eigenvalue weighted by Gasteiger charge is 2.09. The molecule has 0 aliphatic heterocycles. The molecule has 0 amide bonds. The van der Waals surface area contributed by atoms with E-state index < -0.39 is 0 Å². The molecule has 0 radical (unpaired) electrons. The highest BCUT2D eigenvalue weighted by Crippen LogP contribution is 2.13. The van der Waals surface area contributed by atoms with Gasteiger partial charge in [-0.15, -0.1) is 0 Å². The van der Waals surface area contributed by atoms with E-state index in [-0.39, 0.29) is 19.0 Å². The molecule has 5 nitrogen and oxygen atoms in total. The van der Waals surface area contributed by atoms with E-state index in [9.17, 15) is 9.90 Å². The molecule has 2 aromatic rings. The Hall–Kier alpha value is -2.14. The van der Waals surface area contributed by atoms with Crippen molar-refractivity contribution < 1.29 is 14.6 Å². The van der Waals surface area contributed by atoms with Crippen LogP contribution in [0, 0.1) is 0 Å². The van der Waals surface area contributed by atoms with Crippen LogP contribution in [-0.4, -0.2) is 27.7 Å². The molecule has 0 saturated carbocycles. The zero-order chi connectivity index (χ0) is 13.7. The molecule has 19 heavy (non-hydrogen) atoms. The largest absolute Gasteiger partial charge is 0.469 e. The number of carbonyl (C=O) groups excluding carboxylic acids is 1. The Morgan fingerprint density at radius 3 is 2.79 bits per heavy atom. The van der Waals surface area contributed by atoms with Gasteiger partial charge in [0, 0.05) is 18.9 Å². The zero-order valence-electron chi connectivity index (χ0n) is 10.7. The quantitative estimate of drug-likeness (QED) is 0.819. The van der Waals surface area contributed by atoms with Crippen molar-refractivity contribution in [2.45, 2.75) is 19.6 Å². The monoisotopic (exact) mass is 260 g/mol. The van der Waals surface area contributed by atoms with Crippen molar-refractivity contribution in [1.29, 1.82) is 0 Å². The van der Waals surface area contributed by atoms with E-state index in [1.54, 1.807) is 12.4 Å². The summed E-state index contributed by atoms with van der Waals surface area (Å²) < 4.78 is 6.55. The van der Waals surface area contributed by atoms with E-state index in [1.807, 2.05) is 28.8 Å². The molecule has 1 N–H and O–H groups in total. The number of aliphatic hydroxyl groups excluding tert-OH is 1. The van der Waals surface area contributed by atoms with Gasteiger partial charge in [-0.25, -0.2) is 4.98 Å². The van der Waals surface area contributed by atoms with Crippen molar-refractivity contribution in [1.82, 2.24) is 9.55 Å². The summed E-state index contributed by atoms with van der Waals surface area (Å²) in [5.41, 5.74) is 1.94. The second kappa shape index (κ2) is 6.15. The van der Waals surface area contributed by atoms with Gasteiger partial charge in [-0.1, -0.05) is 24.3 Å². The first-order chi connectivity index (χ1) is 9.24. The van der Waals surface area contributed by atoms with Gasteiger partial charge in [0.2, 0.25) is 0 Å². The number of aromatic nitrogens is 2. The van der Waals surface area contributed by atoms with Gasteiger partial charge >= 0.3 is 5.97 Å². The molecule has 0 aliphatic carbocycles. The van der Waals surface area contributed by atoms with Gasteiger partial charge in [0.25, 0.3) is 0 Å². The lowest BCUT2D eigenvalue weighted by Gasteiger charge is -2.11. The zero-order valence-corrected chi connectivity index (χ0v) is 10.7. The fraction of sp³-hybridized carbons (Fsp3) is 0.286. The van der Waals surface area contributed by atoms with Crippen LogP contribution in [0.5, 0.6) is 0 Å². The highest BCUT2D eigenvalue weighted by molar-refractivity contribution is 5.72. The van der Waals surface area contributed by atoms with Crippen LogP contribution < -0.4 is 0 Å². The molecule has 0 saturated heterocycles. The molecule has 1 aromatic heterocycles. The van der Waals surface area contributed by atoms with E-state index in [0.717, 1.165) is 11.1 Å². The summed E-state index contributed by atoms with van der Waals surface area (Å²) in [6, 6.07) is 7.68. The maximum Gasteiger partial charge on any atom is 0.309 e. The highest BCUT2D eigenvalue weighted by atomic mass is 16.5. The first-order valence-electron chi connectivity index (χ1n) is 5.99. The van der Waals surface area contributed by atoms with Gasteiger partial charge in [0.05, 0.1) is 13.5 Å². The maximum atomic E-state index is 11.4. The Morgan fingerprint density at radius 2 is 2.11 bits per heavy atom. The summed E-state index contributed by atoms with van der Waals surface area (Å²) in [6.07, 6.45) is 3.70. The molecule has 0 spiro atoms. The van der Waals surface area contributed by atoms with Crippen molar-refractivity contribution in [2.24, 2.45) is 0 Å². The molecular weight excluding hydrogens is 244 g/mol. The molecule has 0 unspecified atom stereocenters. The van der Waals surface area contributed by atoms with Crippen LogP contribution in [0.15, 0.2) is 36.7 Å². The van der Waals surface area contributed by atoms with Crippen LogP contribution in [0.3, 0.4) is 0 Å². The summed E-state index contributed by atoms with van der Waals surface area (Å²) in [5.74, 6) is 0.341. The van der Waals surface area contributed by atoms with Crippen molar-refractivity contribution >= 4 is 5.97 Å². The van der Waals surface area contributed by atoms with E-state index in [4.69, 9.17) is 4.74 Å². The molecule has 0 fully saturated rings. The first kappa shape index (κ1) is 13.3. The van der Waals surface area contributed by atoms with Crippen LogP contribution in [0.1, 0.15) is 17.0 Å². The molecule has 0 bridgehead atoms. The van der Waals surface area contributed by atoms with Crippen LogP contribution >= 0.6 is 0 Å². The van der Waals surface area contributed by atoms with Gasteiger partial charge in [0.1, 0.15) is 12.4 Å². The minimum Gasteiger partial charge on any atom is -0.469 e. The SMILES string of the molecule is COC(=O)Cc1ccccc1Cn1ccnc1CO. The first-order valence-corrected chi connectivity index (χ1v) is 5.99. The van der Waals surface area contributed by atoms with E-state index in [0.29, 0.717) is 12.4 Å². The third-order valence-electron chi connectivity index (χ3n) is 2.96. The van der Waals surface area contributed by atoms with Gasteiger partial charge in [-0.2, -0.15) is 0 Å². The average Bonchev–Trinajstić information content (AvgIpc) is 2.88.